The van der Waals surface area contributed by atoms with E-state index in [0.717, 1.165) is 5.92 Å². The average molecular weight is 227 g/mol. The van der Waals surface area contributed by atoms with E-state index in [9.17, 15) is 0 Å². The number of hydrogen-bond acceptors (Lipinski definition) is 3. The lowest BCUT2D eigenvalue weighted by molar-refractivity contribution is 0.240. The fourth-order valence-corrected chi connectivity index (χ4v) is 2.69. The van der Waals surface area contributed by atoms with Crippen molar-refractivity contribution in [2.24, 2.45) is 16.8 Å². The lowest BCUT2D eigenvalue weighted by Gasteiger charge is -2.33. The molecule has 0 saturated heterocycles. The van der Waals surface area contributed by atoms with Gasteiger partial charge in [0.25, 0.3) is 0 Å². The van der Waals surface area contributed by atoms with Crippen LogP contribution in [0.2, 0.25) is 0 Å². The highest BCUT2D eigenvalue weighted by Gasteiger charge is 2.24. The summed E-state index contributed by atoms with van der Waals surface area (Å²) in [6.07, 6.45) is 7.15. The summed E-state index contributed by atoms with van der Waals surface area (Å²) in [5.41, 5.74) is 5.51. The number of rotatable bonds is 5. The number of hydrogen-bond donors (Lipinski definition) is 3. The Kier molecular flexibility index (Phi) is 5.60. The standard InChI is InChI=1S/C12H25N3O/c1-3-10-6-4-5-7-11(10)14-9(2)8-12(13)15-16/h9-11,14,16H,3-8H2,1-2H3,(H2,13,15). The minimum Gasteiger partial charge on any atom is -0.409 e. The van der Waals surface area contributed by atoms with Gasteiger partial charge in [0.1, 0.15) is 5.84 Å². The zero-order valence-electron chi connectivity index (χ0n) is 10.4. The molecule has 16 heavy (non-hydrogen) atoms. The van der Waals surface area contributed by atoms with Crippen LogP contribution in [0.4, 0.5) is 0 Å². The molecule has 0 aliphatic heterocycles. The summed E-state index contributed by atoms with van der Waals surface area (Å²) in [6, 6.07) is 0.897. The van der Waals surface area contributed by atoms with Crippen LogP contribution in [0.3, 0.4) is 0 Å². The molecule has 1 aliphatic carbocycles. The normalized spacial score (nSPS) is 29.0. The van der Waals surface area contributed by atoms with Gasteiger partial charge in [0, 0.05) is 18.5 Å². The fraction of sp³-hybridized carbons (Fsp3) is 0.917. The number of oxime groups is 1. The summed E-state index contributed by atoms with van der Waals surface area (Å²) >= 11 is 0. The van der Waals surface area contributed by atoms with Crippen molar-refractivity contribution in [1.82, 2.24) is 5.32 Å². The highest BCUT2D eigenvalue weighted by atomic mass is 16.4. The van der Waals surface area contributed by atoms with Gasteiger partial charge >= 0.3 is 0 Å². The first-order valence-corrected chi connectivity index (χ1v) is 6.39. The van der Waals surface area contributed by atoms with Crippen molar-refractivity contribution in [2.45, 2.75) is 64.5 Å². The molecule has 0 spiro atoms. The number of nitrogens with zero attached hydrogens (tertiary/aromatic N) is 1. The van der Waals surface area contributed by atoms with Crippen LogP contribution >= 0.6 is 0 Å². The van der Waals surface area contributed by atoms with Crippen molar-refractivity contribution in [3.05, 3.63) is 0 Å². The van der Waals surface area contributed by atoms with Crippen molar-refractivity contribution in [2.75, 3.05) is 0 Å². The molecule has 1 saturated carbocycles. The van der Waals surface area contributed by atoms with E-state index >= 15 is 0 Å². The zero-order valence-corrected chi connectivity index (χ0v) is 10.4. The topological polar surface area (TPSA) is 70.6 Å². The molecule has 0 amide bonds. The molecule has 1 aliphatic rings. The quantitative estimate of drug-likeness (QED) is 0.291. The van der Waals surface area contributed by atoms with Crippen molar-refractivity contribution in [3.63, 3.8) is 0 Å². The summed E-state index contributed by atoms with van der Waals surface area (Å²) in [6.45, 7) is 4.36. The van der Waals surface area contributed by atoms with Gasteiger partial charge in [0.2, 0.25) is 0 Å². The Morgan fingerprint density at radius 2 is 2.19 bits per heavy atom. The molecule has 0 heterocycles. The zero-order chi connectivity index (χ0) is 12.0. The Bertz CT molecular complexity index is 230. The van der Waals surface area contributed by atoms with Gasteiger partial charge < -0.3 is 16.3 Å². The molecule has 0 aromatic heterocycles. The van der Waals surface area contributed by atoms with Gasteiger partial charge in [-0.15, -0.1) is 0 Å². The molecule has 4 heteroatoms. The van der Waals surface area contributed by atoms with Crippen LogP contribution in [-0.2, 0) is 0 Å². The van der Waals surface area contributed by atoms with E-state index in [4.69, 9.17) is 10.9 Å². The van der Waals surface area contributed by atoms with E-state index in [1.54, 1.807) is 0 Å². The van der Waals surface area contributed by atoms with E-state index in [2.05, 4.69) is 24.3 Å². The second kappa shape index (κ2) is 6.74. The average Bonchev–Trinajstić information content (AvgIpc) is 2.29. The first-order valence-electron chi connectivity index (χ1n) is 6.39. The first-order chi connectivity index (χ1) is 7.67. The third-order valence-corrected chi connectivity index (χ3v) is 3.58. The molecule has 94 valence electrons. The molecule has 1 rings (SSSR count). The van der Waals surface area contributed by atoms with Crippen LogP contribution in [0, 0.1) is 5.92 Å². The van der Waals surface area contributed by atoms with E-state index in [1.165, 1.54) is 32.1 Å². The van der Waals surface area contributed by atoms with Crippen molar-refractivity contribution >= 4 is 5.84 Å². The molecule has 0 radical (unpaired) electrons. The molecule has 1 fully saturated rings. The molecule has 0 bridgehead atoms. The Balaban J connectivity index is 2.38. The third kappa shape index (κ3) is 4.00. The molecule has 3 atom stereocenters. The van der Waals surface area contributed by atoms with E-state index in [-0.39, 0.29) is 6.04 Å². The fourth-order valence-electron chi connectivity index (χ4n) is 2.69. The van der Waals surface area contributed by atoms with Gasteiger partial charge in [-0.3, -0.25) is 0 Å². The Hall–Kier alpha value is -0.770. The van der Waals surface area contributed by atoms with Crippen LogP contribution in [-0.4, -0.2) is 23.1 Å². The van der Waals surface area contributed by atoms with Crippen LogP contribution in [0.15, 0.2) is 5.16 Å². The summed E-state index contributed by atoms with van der Waals surface area (Å²) in [5, 5.41) is 15.2. The van der Waals surface area contributed by atoms with Crippen molar-refractivity contribution in [1.29, 1.82) is 0 Å². The maximum Gasteiger partial charge on any atom is 0.140 e. The van der Waals surface area contributed by atoms with E-state index < -0.39 is 0 Å². The van der Waals surface area contributed by atoms with Gasteiger partial charge in [-0.1, -0.05) is 31.3 Å². The maximum absolute atomic E-state index is 8.52. The van der Waals surface area contributed by atoms with Gasteiger partial charge in [0.05, 0.1) is 0 Å². The molecule has 0 aromatic rings. The van der Waals surface area contributed by atoms with Crippen LogP contribution < -0.4 is 11.1 Å². The van der Waals surface area contributed by atoms with Gasteiger partial charge in [0.15, 0.2) is 0 Å². The molecular weight excluding hydrogens is 202 g/mol. The summed E-state index contributed by atoms with van der Waals surface area (Å²) < 4.78 is 0. The van der Waals surface area contributed by atoms with Crippen LogP contribution in [0.25, 0.3) is 0 Å². The van der Waals surface area contributed by atoms with E-state index in [0.29, 0.717) is 18.3 Å². The lowest BCUT2D eigenvalue weighted by Crippen LogP contribution is -2.44. The van der Waals surface area contributed by atoms with E-state index in [1.807, 2.05) is 0 Å². The lowest BCUT2D eigenvalue weighted by atomic mass is 9.82. The predicted molar refractivity (Wildman–Crippen MR) is 66.7 cm³/mol. The minimum atomic E-state index is 0.285. The molecular formula is C12H25N3O. The summed E-state index contributed by atoms with van der Waals surface area (Å²) in [5.74, 6) is 1.10. The molecule has 3 unspecified atom stereocenters. The second-order valence-electron chi connectivity index (χ2n) is 4.92. The Morgan fingerprint density at radius 1 is 1.50 bits per heavy atom. The summed E-state index contributed by atoms with van der Waals surface area (Å²) in [4.78, 5) is 0. The van der Waals surface area contributed by atoms with Gasteiger partial charge in [-0.25, -0.2) is 0 Å². The van der Waals surface area contributed by atoms with Crippen molar-refractivity contribution in [3.8, 4) is 0 Å². The van der Waals surface area contributed by atoms with Crippen LogP contribution in [0.5, 0.6) is 0 Å². The Labute approximate surface area is 98.3 Å². The number of nitrogens with two attached hydrogens (primary N) is 1. The first kappa shape index (κ1) is 13.3. The third-order valence-electron chi connectivity index (χ3n) is 3.58. The molecule has 4 N–H and O–H groups in total. The smallest absolute Gasteiger partial charge is 0.140 e. The number of nitrogens with one attached hydrogen (secondary N) is 1. The predicted octanol–water partition coefficient (Wildman–Crippen LogP) is 2.07. The molecule has 4 nitrogen and oxygen atoms in total. The maximum atomic E-state index is 8.52. The SMILES string of the molecule is CCC1CCCCC1NC(C)CC(N)=NO. The largest absolute Gasteiger partial charge is 0.409 e. The summed E-state index contributed by atoms with van der Waals surface area (Å²) in [7, 11) is 0. The number of amidine groups is 1. The highest BCUT2D eigenvalue weighted by Crippen LogP contribution is 2.27. The molecule has 0 aromatic carbocycles. The van der Waals surface area contributed by atoms with Gasteiger partial charge in [-0.2, -0.15) is 0 Å². The van der Waals surface area contributed by atoms with Crippen molar-refractivity contribution < 1.29 is 5.21 Å². The van der Waals surface area contributed by atoms with Gasteiger partial charge in [-0.05, 0) is 25.7 Å². The minimum absolute atomic E-state index is 0.285. The second-order valence-corrected chi connectivity index (χ2v) is 4.92. The van der Waals surface area contributed by atoms with Crippen LogP contribution in [0.1, 0.15) is 52.4 Å². The Morgan fingerprint density at radius 3 is 2.81 bits per heavy atom. The monoisotopic (exact) mass is 227 g/mol. The highest BCUT2D eigenvalue weighted by molar-refractivity contribution is 5.80.